The minimum atomic E-state index is 0.575. The third-order valence-corrected chi connectivity index (χ3v) is 3.99. The van der Waals surface area contributed by atoms with E-state index in [2.05, 4.69) is 37.4 Å². The van der Waals surface area contributed by atoms with E-state index in [1.165, 1.54) is 23.5 Å². The third kappa shape index (κ3) is 5.59. The smallest absolute Gasteiger partial charge is 0.0522 e. The van der Waals surface area contributed by atoms with E-state index >= 15 is 0 Å². The van der Waals surface area contributed by atoms with Crippen LogP contribution in [0.4, 0.5) is 0 Å². The number of rotatable bonds is 9. The topological polar surface area (TPSA) is 29.9 Å². The third-order valence-electron chi connectivity index (χ3n) is 2.65. The standard InChI is InChI=1S/C13H25N3S/c1-4-7-17-11-13(14-5-2)8-12-9-15-16(6-3)10-12/h9-10,13-14H,4-8,11H2,1-3H3. The number of thioether (sulfide) groups is 1. The van der Waals surface area contributed by atoms with Crippen LogP contribution in [0.1, 0.15) is 32.8 Å². The van der Waals surface area contributed by atoms with Crippen LogP contribution in [0.15, 0.2) is 12.4 Å². The van der Waals surface area contributed by atoms with Crippen molar-refractivity contribution >= 4 is 11.8 Å². The van der Waals surface area contributed by atoms with Crippen molar-refractivity contribution in [2.75, 3.05) is 18.1 Å². The molecule has 0 aliphatic heterocycles. The van der Waals surface area contributed by atoms with Gasteiger partial charge in [-0.1, -0.05) is 13.8 Å². The molecule has 1 heterocycles. The van der Waals surface area contributed by atoms with Crippen LogP contribution in [0, 0.1) is 0 Å². The summed E-state index contributed by atoms with van der Waals surface area (Å²) in [5.74, 6) is 2.45. The largest absolute Gasteiger partial charge is 0.313 e. The Hall–Kier alpha value is -0.480. The number of aromatic nitrogens is 2. The molecule has 0 fully saturated rings. The first-order valence-corrected chi connectivity index (χ1v) is 7.78. The van der Waals surface area contributed by atoms with Gasteiger partial charge in [-0.05, 0) is 37.6 Å². The molecule has 1 N–H and O–H groups in total. The monoisotopic (exact) mass is 255 g/mol. The maximum absolute atomic E-state index is 4.33. The molecule has 1 rings (SSSR count). The minimum Gasteiger partial charge on any atom is -0.313 e. The van der Waals surface area contributed by atoms with Crippen molar-refractivity contribution in [2.45, 2.75) is 46.2 Å². The van der Waals surface area contributed by atoms with Crippen LogP contribution in [0.25, 0.3) is 0 Å². The zero-order chi connectivity index (χ0) is 12.5. The summed E-state index contributed by atoms with van der Waals surface area (Å²) in [6.45, 7) is 8.53. The molecule has 1 aromatic rings. The van der Waals surface area contributed by atoms with Gasteiger partial charge in [-0.2, -0.15) is 16.9 Å². The number of likely N-dealkylation sites (N-methyl/N-ethyl adjacent to an activating group) is 1. The quantitative estimate of drug-likeness (QED) is 0.688. The normalized spacial score (nSPS) is 12.9. The van der Waals surface area contributed by atoms with E-state index in [1.54, 1.807) is 0 Å². The molecule has 0 amide bonds. The lowest BCUT2D eigenvalue weighted by Gasteiger charge is -2.16. The summed E-state index contributed by atoms with van der Waals surface area (Å²) < 4.78 is 2.00. The summed E-state index contributed by atoms with van der Waals surface area (Å²) in [4.78, 5) is 0. The lowest BCUT2D eigenvalue weighted by molar-refractivity contribution is 0.572. The molecule has 0 saturated carbocycles. The molecule has 3 nitrogen and oxygen atoms in total. The van der Waals surface area contributed by atoms with Gasteiger partial charge in [-0.15, -0.1) is 0 Å². The van der Waals surface area contributed by atoms with Crippen molar-refractivity contribution in [1.29, 1.82) is 0 Å². The fraction of sp³-hybridized carbons (Fsp3) is 0.769. The highest BCUT2D eigenvalue weighted by atomic mass is 32.2. The lowest BCUT2D eigenvalue weighted by atomic mass is 10.1. The van der Waals surface area contributed by atoms with Crippen molar-refractivity contribution in [2.24, 2.45) is 0 Å². The molecule has 4 heteroatoms. The maximum atomic E-state index is 4.33. The van der Waals surface area contributed by atoms with Crippen LogP contribution >= 0.6 is 11.8 Å². The molecule has 1 unspecified atom stereocenters. The first kappa shape index (κ1) is 14.6. The molecular weight excluding hydrogens is 230 g/mol. The van der Waals surface area contributed by atoms with Gasteiger partial charge in [0.15, 0.2) is 0 Å². The summed E-state index contributed by atoms with van der Waals surface area (Å²) in [7, 11) is 0. The van der Waals surface area contributed by atoms with Crippen LogP contribution in [-0.4, -0.2) is 33.9 Å². The predicted octanol–water partition coefficient (Wildman–Crippen LogP) is 2.57. The molecule has 0 spiro atoms. The lowest BCUT2D eigenvalue weighted by Crippen LogP contribution is -2.33. The van der Waals surface area contributed by atoms with Crippen molar-refractivity contribution in [3.8, 4) is 0 Å². The highest BCUT2D eigenvalue weighted by molar-refractivity contribution is 7.99. The summed E-state index contributed by atoms with van der Waals surface area (Å²) in [6.07, 6.45) is 6.51. The molecule has 0 radical (unpaired) electrons. The van der Waals surface area contributed by atoms with Crippen molar-refractivity contribution in [3.05, 3.63) is 18.0 Å². The Morgan fingerprint density at radius 1 is 1.41 bits per heavy atom. The molecule has 98 valence electrons. The van der Waals surface area contributed by atoms with Crippen LogP contribution in [0.3, 0.4) is 0 Å². The molecule has 0 aliphatic rings. The molecule has 1 aromatic heterocycles. The molecule has 1 atom stereocenters. The highest BCUT2D eigenvalue weighted by Gasteiger charge is 2.09. The van der Waals surface area contributed by atoms with Crippen LogP contribution in [0.2, 0.25) is 0 Å². The van der Waals surface area contributed by atoms with Crippen LogP contribution in [0.5, 0.6) is 0 Å². The Bertz CT molecular complexity index is 299. The number of nitrogens with zero attached hydrogens (tertiary/aromatic N) is 2. The Kier molecular flexibility index (Phi) is 7.37. The Labute approximate surface area is 109 Å². The van der Waals surface area contributed by atoms with E-state index in [4.69, 9.17) is 0 Å². The van der Waals surface area contributed by atoms with Gasteiger partial charge in [0.25, 0.3) is 0 Å². The Morgan fingerprint density at radius 2 is 2.24 bits per heavy atom. The second-order valence-electron chi connectivity index (χ2n) is 4.24. The maximum Gasteiger partial charge on any atom is 0.0522 e. The number of nitrogens with one attached hydrogen (secondary N) is 1. The van der Waals surface area contributed by atoms with Gasteiger partial charge in [-0.25, -0.2) is 0 Å². The number of aryl methyl sites for hydroxylation is 1. The minimum absolute atomic E-state index is 0.575. The van der Waals surface area contributed by atoms with E-state index in [0.717, 1.165) is 19.5 Å². The van der Waals surface area contributed by atoms with E-state index in [0.29, 0.717) is 6.04 Å². The van der Waals surface area contributed by atoms with Gasteiger partial charge in [0.1, 0.15) is 0 Å². The van der Waals surface area contributed by atoms with E-state index < -0.39 is 0 Å². The van der Waals surface area contributed by atoms with Crippen molar-refractivity contribution < 1.29 is 0 Å². The van der Waals surface area contributed by atoms with E-state index in [9.17, 15) is 0 Å². The SMILES string of the molecule is CCCSCC(Cc1cnn(CC)c1)NCC. The molecule has 0 saturated heterocycles. The second kappa shape index (κ2) is 8.59. The summed E-state index contributed by atoms with van der Waals surface area (Å²) in [5.41, 5.74) is 1.34. The van der Waals surface area contributed by atoms with Gasteiger partial charge in [-0.3, -0.25) is 4.68 Å². The van der Waals surface area contributed by atoms with E-state index in [1.807, 2.05) is 22.6 Å². The Morgan fingerprint density at radius 3 is 2.82 bits per heavy atom. The Balaban J connectivity index is 2.41. The fourth-order valence-corrected chi connectivity index (χ4v) is 2.79. The van der Waals surface area contributed by atoms with Gasteiger partial charge < -0.3 is 5.32 Å². The summed E-state index contributed by atoms with van der Waals surface area (Å²) >= 11 is 2.04. The van der Waals surface area contributed by atoms with Gasteiger partial charge in [0.2, 0.25) is 0 Å². The van der Waals surface area contributed by atoms with Gasteiger partial charge in [0.05, 0.1) is 6.20 Å². The zero-order valence-electron chi connectivity index (χ0n) is 11.3. The average molecular weight is 255 g/mol. The molecule has 0 aromatic carbocycles. The van der Waals surface area contributed by atoms with Crippen LogP contribution in [-0.2, 0) is 13.0 Å². The van der Waals surface area contributed by atoms with Crippen molar-refractivity contribution in [1.82, 2.24) is 15.1 Å². The van der Waals surface area contributed by atoms with Gasteiger partial charge >= 0.3 is 0 Å². The number of hydrogen-bond acceptors (Lipinski definition) is 3. The molecule has 17 heavy (non-hydrogen) atoms. The number of hydrogen-bond donors (Lipinski definition) is 1. The van der Waals surface area contributed by atoms with E-state index in [-0.39, 0.29) is 0 Å². The predicted molar refractivity (Wildman–Crippen MR) is 76.7 cm³/mol. The summed E-state index contributed by atoms with van der Waals surface area (Å²) in [6, 6.07) is 0.575. The van der Waals surface area contributed by atoms with Crippen molar-refractivity contribution in [3.63, 3.8) is 0 Å². The molecular formula is C13H25N3S. The fourth-order valence-electron chi connectivity index (χ4n) is 1.82. The zero-order valence-corrected chi connectivity index (χ0v) is 12.1. The molecule has 0 aliphatic carbocycles. The highest BCUT2D eigenvalue weighted by Crippen LogP contribution is 2.09. The average Bonchev–Trinajstić information content (AvgIpc) is 2.77. The van der Waals surface area contributed by atoms with Gasteiger partial charge in [0, 0.05) is 24.5 Å². The first-order valence-electron chi connectivity index (χ1n) is 6.62. The molecule has 0 bridgehead atoms. The second-order valence-corrected chi connectivity index (χ2v) is 5.39. The summed E-state index contributed by atoms with van der Waals surface area (Å²) in [5, 5.41) is 7.89. The van der Waals surface area contributed by atoms with Crippen LogP contribution < -0.4 is 5.32 Å². The first-order chi connectivity index (χ1) is 8.30.